The number of benzene rings is 9. The predicted molar refractivity (Wildman–Crippen MR) is 241 cm³/mol. The highest BCUT2D eigenvalue weighted by atomic mass is 15.0. The molecule has 0 fully saturated rings. The summed E-state index contributed by atoms with van der Waals surface area (Å²) in [6, 6.07) is 70.2. The van der Waals surface area contributed by atoms with Crippen molar-refractivity contribution < 1.29 is 0 Å². The predicted octanol–water partition coefficient (Wildman–Crippen LogP) is 14.0. The van der Waals surface area contributed by atoms with Crippen molar-refractivity contribution in [1.82, 2.24) is 19.1 Å². The number of hydrogen-bond acceptors (Lipinski definition) is 2. The van der Waals surface area contributed by atoms with E-state index in [-0.39, 0.29) is 0 Å². The van der Waals surface area contributed by atoms with Crippen LogP contribution in [-0.4, -0.2) is 19.1 Å². The van der Waals surface area contributed by atoms with Crippen LogP contribution in [0.25, 0.3) is 122 Å². The molecule has 0 N–H and O–H groups in total. The van der Waals surface area contributed by atoms with Gasteiger partial charge >= 0.3 is 0 Å². The van der Waals surface area contributed by atoms with Crippen LogP contribution in [0.5, 0.6) is 0 Å². The molecule has 0 spiro atoms. The van der Waals surface area contributed by atoms with Gasteiger partial charge in [0.1, 0.15) is 0 Å². The Morgan fingerprint density at radius 1 is 0.328 bits per heavy atom. The van der Waals surface area contributed by atoms with E-state index in [2.05, 4.69) is 203 Å². The Kier molecular flexibility index (Phi) is 6.41. The van der Waals surface area contributed by atoms with Gasteiger partial charge in [0, 0.05) is 49.4 Å². The van der Waals surface area contributed by atoms with E-state index in [9.17, 15) is 0 Å². The Hall–Kier alpha value is -7.82. The zero-order valence-electron chi connectivity index (χ0n) is 31.3. The molecule has 0 atom stereocenters. The molecule has 0 bridgehead atoms. The highest BCUT2D eigenvalue weighted by molar-refractivity contribution is 6.22. The lowest BCUT2D eigenvalue weighted by Crippen LogP contribution is -1.97. The summed E-state index contributed by atoms with van der Waals surface area (Å²) >= 11 is 0. The smallest absolute Gasteiger partial charge is 0.160 e. The van der Waals surface area contributed by atoms with Crippen molar-refractivity contribution in [2.75, 3.05) is 0 Å². The first-order chi connectivity index (χ1) is 28.8. The van der Waals surface area contributed by atoms with Gasteiger partial charge in [-0.2, -0.15) is 0 Å². The van der Waals surface area contributed by atoms with Crippen molar-refractivity contribution in [2.45, 2.75) is 0 Å². The second-order valence-electron chi connectivity index (χ2n) is 15.4. The summed E-state index contributed by atoms with van der Waals surface area (Å²) in [6.45, 7) is 0. The SMILES string of the molecule is c1ccc(-n2c3ccccc3c3cc(-c4ccc5c(c4)c4c6ccccc6ccc4n5-c4cccc(-c5nc6c7c(cccc7n5)-c5ccccc5-6)c4)ccc32)cc1. The quantitative estimate of drug-likeness (QED) is 0.180. The molecule has 3 heterocycles. The molecule has 4 heteroatoms. The molecule has 9 aromatic carbocycles. The molecule has 0 aliphatic heterocycles. The van der Waals surface area contributed by atoms with Gasteiger partial charge < -0.3 is 9.13 Å². The maximum Gasteiger partial charge on any atom is 0.160 e. The van der Waals surface area contributed by atoms with Gasteiger partial charge in [-0.3, -0.25) is 0 Å². The monoisotopic (exact) mass is 736 g/mol. The molecule has 13 rings (SSSR count). The minimum atomic E-state index is 0.732. The van der Waals surface area contributed by atoms with Crippen molar-refractivity contribution in [3.05, 3.63) is 194 Å². The van der Waals surface area contributed by atoms with Crippen molar-refractivity contribution in [3.8, 4) is 56.3 Å². The Bertz CT molecular complexity index is 3680. The van der Waals surface area contributed by atoms with Crippen LogP contribution in [0.15, 0.2) is 194 Å². The minimum absolute atomic E-state index is 0.732. The first kappa shape index (κ1) is 31.4. The highest BCUT2D eigenvalue weighted by Gasteiger charge is 2.24. The van der Waals surface area contributed by atoms with Crippen LogP contribution in [0.3, 0.4) is 0 Å². The number of fused-ring (bicyclic) bond motifs is 11. The van der Waals surface area contributed by atoms with Crippen LogP contribution < -0.4 is 0 Å². The molecular weight excluding hydrogens is 705 g/mol. The lowest BCUT2D eigenvalue weighted by atomic mass is 9.99. The van der Waals surface area contributed by atoms with Crippen molar-refractivity contribution in [3.63, 3.8) is 0 Å². The van der Waals surface area contributed by atoms with Crippen molar-refractivity contribution in [1.29, 1.82) is 0 Å². The van der Waals surface area contributed by atoms with E-state index in [1.54, 1.807) is 0 Å². The zero-order chi connectivity index (χ0) is 37.9. The summed E-state index contributed by atoms with van der Waals surface area (Å²) in [5, 5.41) is 8.58. The normalized spacial score (nSPS) is 12.1. The van der Waals surface area contributed by atoms with E-state index in [0.29, 0.717) is 0 Å². The largest absolute Gasteiger partial charge is 0.309 e. The van der Waals surface area contributed by atoms with E-state index in [0.717, 1.165) is 44.9 Å². The van der Waals surface area contributed by atoms with Crippen LogP contribution in [-0.2, 0) is 0 Å². The first-order valence-corrected chi connectivity index (χ1v) is 19.8. The Morgan fingerprint density at radius 3 is 1.84 bits per heavy atom. The first-order valence-electron chi connectivity index (χ1n) is 19.8. The van der Waals surface area contributed by atoms with Crippen molar-refractivity contribution >= 4 is 65.3 Å². The molecule has 268 valence electrons. The van der Waals surface area contributed by atoms with E-state index in [1.807, 2.05) is 0 Å². The number of para-hydroxylation sites is 2. The molecule has 58 heavy (non-hydrogen) atoms. The molecule has 1 aliphatic carbocycles. The molecule has 0 saturated carbocycles. The molecular formula is C54H32N4. The standard InChI is InChI=1S/C54H32N4/c1-2-14-37(15-3-1)57-47-23-9-8-19-41(47)44-31-34(25-27-48(44)57)35-26-28-49-45(32-35)51-39-17-5-4-12-33(39)24-29-50(51)58(49)38-16-10-13-36(30-38)54-55-46-22-11-21-42-40-18-6-7-20-43(40)53(56-54)52(42)46/h1-32H. The van der Waals surface area contributed by atoms with Crippen LogP contribution in [0.1, 0.15) is 0 Å². The van der Waals surface area contributed by atoms with E-state index in [1.165, 1.54) is 76.7 Å². The van der Waals surface area contributed by atoms with Crippen LogP contribution in [0.2, 0.25) is 0 Å². The summed E-state index contributed by atoms with van der Waals surface area (Å²) in [4.78, 5) is 10.4. The molecule has 0 saturated heterocycles. The summed E-state index contributed by atoms with van der Waals surface area (Å²) in [5.41, 5.74) is 15.9. The van der Waals surface area contributed by atoms with Gasteiger partial charge in [0.25, 0.3) is 0 Å². The van der Waals surface area contributed by atoms with Gasteiger partial charge in [-0.05, 0) is 99.8 Å². The molecule has 12 aromatic rings. The average Bonchev–Trinajstić information content (AvgIpc) is 3.93. The van der Waals surface area contributed by atoms with Gasteiger partial charge in [-0.15, -0.1) is 0 Å². The van der Waals surface area contributed by atoms with Gasteiger partial charge in [0.05, 0.1) is 33.3 Å². The molecule has 3 aromatic heterocycles. The van der Waals surface area contributed by atoms with Gasteiger partial charge in [-0.1, -0.05) is 127 Å². The number of nitrogens with zero attached hydrogens (tertiary/aromatic N) is 4. The number of rotatable bonds is 4. The van der Waals surface area contributed by atoms with E-state index < -0.39 is 0 Å². The van der Waals surface area contributed by atoms with Crippen LogP contribution in [0.4, 0.5) is 0 Å². The van der Waals surface area contributed by atoms with Gasteiger partial charge in [0.15, 0.2) is 5.82 Å². The summed E-state index contributed by atoms with van der Waals surface area (Å²) < 4.78 is 4.79. The molecule has 0 amide bonds. The maximum atomic E-state index is 5.25. The Labute approximate surface area is 333 Å². The summed E-state index contributed by atoms with van der Waals surface area (Å²) in [5.74, 6) is 0.732. The fourth-order valence-corrected chi connectivity index (χ4v) is 9.70. The topological polar surface area (TPSA) is 35.6 Å². The Balaban J connectivity index is 1.01. The van der Waals surface area contributed by atoms with E-state index >= 15 is 0 Å². The fraction of sp³-hybridized carbons (Fsp3) is 0. The molecule has 0 unspecified atom stereocenters. The Morgan fingerprint density at radius 2 is 0.966 bits per heavy atom. The zero-order valence-corrected chi connectivity index (χ0v) is 31.3. The third kappa shape index (κ3) is 4.40. The van der Waals surface area contributed by atoms with Crippen molar-refractivity contribution in [2.24, 2.45) is 0 Å². The van der Waals surface area contributed by atoms with Crippen LogP contribution in [0, 0.1) is 0 Å². The molecule has 1 aliphatic rings. The average molecular weight is 737 g/mol. The fourth-order valence-electron chi connectivity index (χ4n) is 9.70. The lowest BCUT2D eigenvalue weighted by molar-refractivity contribution is 1.17. The second kappa shape index (κ2) is 11.8. The number of aromatic nitrogens is 4. The number of hydrogen-bond donors (Lipinski definition) is 0. The maximum absolute atomic E-state index is 5.25. The third-order valence-electron chi connectivity index (χ3n) is 12.2. The molecule has 0 radical (unpaired) electrons. The van der Waals surface area contributed by atoms with Gasteiger partial charge in [0.2, 0.25) is 0 Å². The van der Waals surface area contributed by atoms with Crippen LogP contribution >= 0.6 is 0 Å². The summed E-state index contributed by atoms with van der Waals surface area (Å²) in [7, 11) is 0. The minimum Gasteiger partial charge on any atom is -0.309 e. The summed E-state index contributed by atoms with van der Waals surface area (Å²) in [6.07, 6.45) is 0. The van der Waals surface area contributed by atoms with E-state index in [4.69, 9.17) is 9.97 Å². The second-order valence-corrected chi connectivity index (χ2v) is 15.4. The molecule has 4 nitrogen and oxygen atoms in total. The third-order valence-corrected chi connectivity index (χ3v) is 12.2. The highest BCUT2D eigenvalue weighted by Crippen LogP contribution is 2.46. The lowest BCUT2D eigenvalue weighted by Gasteiger charge is -2.11. The van der Waals surface area contributed by atoms with Gasteiger partial charge in [-0.25, -0.2) is 9.97 Å².